The number of ether oxygens (including phenoxy) is 1. The molecule has 1 fully saturated rings. The number of hydrogen-bond donors (Lipinski definition) is 1. The van der Waals surface area contributed by atoms with Crippen LogP contribution in [0.4, 0.5) is 5.69 Å². The molecule has 0 aromatic heterocycles. The highest BCUT2D eigenvalue weighted by atomic mass is 16.5. The van der Waals surface area contributed by atoms with Crippen LogP contribution < -0.4 is 9.64 Å². The molecule has 1 aromatic carbocycles. The molecule has 15 heavy (non-hydrogen) atoms. The summed E-state index contributed by atoms with van der Waals surface area (Å²) in [5.74, 6) is 0.887. The Kier molecular flexibility index (Phi) is 3.11. The average Bonchev–Trinajstić information content (AvgIpc) is 2.76. The van der Waals surface area contributed by atoms with Crippen LogP contribution in [0.1, 0.15) is 12.8 Å². The second-order valence-corrected chi connectivity index (χ2v) is 3.84. The van der Waals surface area contributed by atoms with Crippen molar-refractivity contribution in [2.75, 3.05) is 25.2 Å². The quantitative estimate of drug-likeness (QED) is 0.818. The number of methoxy groups -OCH3 is 1. The molecule has 1 aliphatic heterocycles. The number of nitrogens with zero attached hydrogens (tertiary/aromatic N) is 1. The number of hydrogen-bond acceptors (Lipinski definition) is 3. The van der Waals surface area contributed by atoms with E-state index in [2.05, 4.69) is 4.90 Å². The van der Waals surface area contributed by atoms with Crippen LogP contribution in [0.3, 0.4) is 0 Å². The normalized spacial score (nSPS) is 20.7. The van der Waals surface area contributed by atoms with E-state index in [-0.39, 0.29) is 12.6 Å². The van der Waals surface area contributed by atoms with Crippen LogP contribution in [0.2, 0.25) is 0 Å². The lowest BCUT2D eigenvalue weighted by atomic mass is 10.2. The van der Waals surface area contributed by atoms with E-state index in [0.717, 1.165) is 30.8 Å². The Morgan fingerprint density at radius 3 is 3.00 bits per heavy atom. The fourth-order valence-electron chi connectivity index (χ4n) is 2.21. The predicted molar refractivity (Wildman–Crippen MR) is 60.4 cm³/mol. The third-order valence-corrected chi connectivity index (χ3v) is 2.98. The highest BCUT2D eigenvalue weighted by Crippen LogP contribution is 2.32. The topological polar surface area (TPSA) is 32.7 Å². The fraction of sp³-hybridized carbons (Fsp3) is 0.500. The van der Waals surface area contributed by atoms with Gasteiger partial charge in [-0.05, 0) is 25.0 Å². The predicted octanol–water partition coefficient (Wildman–Crippen LogP) is 1.66. The highest BCUT2D eigenvalue weighted by molar-refractivity contribution is 5.59. The molecule has 1 atom stereocenters. The number of anilines is 1. The third kappa shape index (κ3) is 1.92. The summed E-state index contributed by atoms with van der Waals surface area (Å²) in [5.41, 5.74) is 1.09. The Labute approximate surface area is 90.3 Å². The maximum absolute atomic E-state index is 9.28. The molecule has 1 heterocycles. The monoisotopic (exact) mass is 207 g/mol. The summed E-state index contributed by atoms with van der Waals surface area (Å²) in [7, 11) is 1.68. The minimum atomic E-state index is 0.220. The number of benzene rings is 1. The van der Waals surface area contributed by atoms with Crippen LogP contribution in [0.25, 0.3) is 0 Å². The molecule has 1 N–H and O–H groups in total. The highest BCUT2D eigenvalue weighted by Gasteiger charge is 2.25. The maximum atomic E-state index is 9.28. The summed E-state index contributed by atoms with van der Waals surface area (Å²) in [6.07, 6.45) is 2.21. The van der Waals surface area contributed by atoms with Crippen molar-refractivity contribution in [1.82, 2.24) is 0 Å². The number of para-hydroxylation sites is 2. The standard InChI is InChI=1S/C12H17NO2/c1-15-12-7-3-2-6-11(12)13-8-4-5-10(13)9-14/h2-3,6-7,10,14H,4-5,8-9H2,1H3/t10-/m0/s1. The van der Waals surface area contributed by atoms with Gasteiger partial charge in [-0.25, -0.2) is 0 Å². The molecule has 0 saturated carbocycles. The van der Waals surface area contributed by atoms with Gasteiger partial charge in [-0.3, -0.25) is 0 Å². The van der Waals surface area contributed by atoms with Gasteiger partial charge in [0.05, 0.1) is 25.4 Å². The summed E-state index contributed by atoms with van der Waals surface area (Å²) in [6.45, 7) is 1.23. The van der Waals surface area contributed by atoms with Crippen LogP contribution in [-0.2, 0) is 0 Å². The molecule has 0 amide bonds. The van der Waals surface area contributed by atoms with E-state index < -0.39 is 0 Å². The van der Waals surface area contributed by atoms with Gasteiger partial charge in [-0.2, -0.15) is 0 Å². The van der Waals surface area contributed by atoms with Crippen molar-refractivity contribution in [3.63, 3.8) is 0 Å². The van der Waals surface area contributed by atoms with Crippen molar-refractivity contribution < 1.29 is 9.84 Å². The van der Waals surface area contributed by atoms with Gasteiger partial charge >= 0.3 is 0 Å². The van der Waals surface area contributed by atoms with Crippen LogP contribution in [0.5, 0.6) is 5.75 Å². The van der Waals surface area contributed by atoms with Gasteiger partial charge in [0, 0.05) is 6.54 Å². The van der Waals surface area contributed by atoms with E-state index in [4.69, 9.17) is 4.74 Å². The number of aliphatic hydroxyl groups excluding tert-OH is 1. The third-order valence-electron chi connectivity index (χ3n) is 2.98. The summed E-state index contributed by atoms with van der Waals surface area (Å²) < 4.78 is 5.33. The molecule has 3 nitrogen and oxygen atoms in total. The minimum absolute atomic E-state index is 0.220. The van der Waals surface area contributed by atoms with Gasteiger partial charge in [-0.15, -0.1) is 0 Å². The lowest BCUT2D eigenvalue weighted by Crippen LogP contribution is -2.32. The molecular formula is C12H17NO2. The summed E-state index contributed by atoms with van der Waals surface area (Å²) in [4.78, 5) is 2.23. The molecule has 2 rings (SSSR count). The van der Waals surface area contributed by atoms with Crippen molar-refractivity contribution in [2.24, 2.45) is 0 Å². The minimum Gasteiger partial charge on any atom is -0.495 e. The molecular weight excluding hydrogens is 190 g/mol. The fourth-order valence-corrected chi connectivity index (χ4v) is 2.21. The Balaban J connectivity index is 2.27. The Morgan fingerprint density at radius 1 is 1.47 bits per heavy atom. The largest absolute Gasteiger partial charge is 0.495 e. The number of rotatable bonds is 3. The molecule has 82 valence electrons. The Morgan fingerprint density at radius 2 is 2.27 bits per heavy atom. The first kappa shape index (κ1) is 10.3. The van der Waals surface area contributed by atoms with E-state index in [0.29, 0.717) is 0 Å². The van der Waals surface area contributed by atoms with Crippen LogP contribution in [0, 0.1) is 0 Å². The van der Waals surface area contributed by atoms with Gasteiger partial charge in [0.25, 0.3) is 0 Å². The first-order valence-electron chi connectivity index (χ1n) is 5.37. The van der Waals surface area contributed by atoms with Crippen molar-refractivity contribution in [3.05, 3.63) is 24.3 Å². The molecule has 0 spiro atoms. The molecule has 1 aliphatic rings. The van der Waals surface area contributed by atoms with E-state index in [1.165, 1.54) is 0 Å². The lowest BCUT2D eigenvalue weighted by Gasteiger charge is -2.26. The zero-order chi connectivity index (χ0) is 10.7. The molecule has 1 saturated heterocycles. The summed E-state index contributed by atoms with van der Waals surface area (Å²) in [6, 6.07) is 8.23. The van der Waals surface area contributed by atoms with Crippen molar-refractivity contribution in [2.45, 2.75) is 18.9 Å². The average molecular weight is 207 g/mol. The second-order valence-electron chi connectivity index (χ2n) is 3.84. The molecule has 1 aromatic rings. The van der Waals surface area contributed by atoms with E-state index in [1.807, 2.05) is 24.3 Å². The van der Waals surface area contributed by atoms with Crippen molar-refractivity contribution in [1.29, 1.82) is 0 Å². The first-order chi connectivity index (χ1) is 7.36. The zero-order valence-corrected chi connectivity index (χ0v) is 9.02. The number of aliphatic hydroxyl groups is 1. The molecule has 0 bridgehead atoms. The van der Waals surface area contributed by atoms with Crippen LogP contribution in [-0.4, -0.2) is 31.4 Å². The van der Waals surface area contributed by atoms with Gasteiger partial charge in [0.1, 0.15) is 5.75 Å². The smallest absolute Gasteiger partial charge is 0.142 e. The molecule has 0 unspecified atom stereocenters. The van der Waals surface area contributed by atoms with Gasteiger partial charge in [-0.1, -0.05) is 12.1 Å². The van der Waals surface area contributed by atoms with Crippen molar-refractivity contribution >= 4 is 5.69 Å². The van der Waals surface area contributed by atoms with E-state index in [9.17, 15) is 5.11 Å². The molecule has 0 radical (unpaired) electrons. The van der Waals surface area contributed by atoms with E-state index >= 15 is 0 Å². The van der Waals surface area contributed by atoms with Crippen molar-refractivity contribution in [3.8, 4) is 5.75 Å². The van der Waals surface area contributed by atoms with Crippen LogP contribution in [0.15, 0.2) is 24.3 Å². The first-order valence-corrected chi connectivity index (χ1v) is 5.37. The Bertz CT molecular complexity index is 327. The maximum Gasteiger partial charge on any atom is 0.142 e. The molecule has 3 heteroatoms. The zero-order valence-electron chi connectivity index (χ0n) is 9.02. The SMILES string of the molecule is COc1ccccc1N1CCC[C@H]1CO. The second kappa shape index (κ2) is 4.53. The Hall–Kier alpha value is -1.22. The molecule has 0 aliphatic carbocycles. The summed E-state index contributed by atoms with van der Waals surface area (Å²) >= 11 is 0. The van der Waals surface area contributed by atoms with E-state index in [1.54, 1.807) is 7.11 Å². The van der Waals surface area contributed by atoms with Gasteiger partial charge < -0.3 is 14.7 Å². The van der Waals surface area contributed by atoms with Gasteiger partial charge in [0.2, 0.25) is 0 Å². The lowest BCUT2D eigenvalue weighted by molar-refractivity contribution is 0.266. The van der Waals surface area contributed by atoms with Crippen LogP contribution >= 0.6 is 0 Å². The van der Waals surface area contributed by atoms with Gasteiger partial charge in [0.15, 0.2) is 0 Å². The summed E-state index contributed by atoms with van der Waals surface area (Å²) in [5, 5.41) is 9.28.